The van der Waals surface area contributed by atoms with Gasteiger partial charge in [-0.1, -0.05) is 20.8 Å². The van der Waals surface area contributed by atoms with Crippen LogP contribution in [0.3, 0.4) is 0 Å². The Morgan fingerprint density at radius 3 is 2.00 bits per heavy atom. The fourth-order valence-electron chi connectivity index (χ4n) is 4.04. The van der Waals surface area contributed by atoms with Crippen molar-refractivity contribution in [1.29, 1.82) is 0 Å². The zero-order chi connectivity index (χ0) is 14.4. The van der Waals surface area contributed by atoms with E-state index < -0.39 is 0 Å². The summed E-state index contributed by atoms with van der Waals surface area (Å²) in [5.74, 6) is 0.287. The molecular formula is C16H30N2O. The molecule has 0 aliphatic carbocycles. The quantitative estimate of drug-likeness (QED) is 0.767. The minimum Gasteiger partial charge on any atom is -0.342 e. The molecule has 2 bridgehead atoms. The van der Waals surface area contributed by atoms with E-state index in [9.17, 15) is 4.79 Å². The zero-order valence-electron chi connectivity index (χ0n) is 13.4. The third-order valence-corrected chi connectivity index (χ3v) is 4.87. The van der Waals surface area contributed by atoms with Gasteiger partial charge in [0.15, 0.2) is 0 Å². The highest BCUT2D eigenvalue weighted by Gasteiger charge is 2.44. The lowest BCUT2D eigenvalue weighted by Gasteiger charge is -2.45. The normalized spacial score (nSPS) is 31.8. The number of hydrogen-bond donors (Lipinski definition) is 0. The van der Waals surface area contributed by atoms with Crippen LogP contribution in [0.5, 0.6) is 0 Å². The molecule has 1 amide bonds. The third kappa shape index (κ3) is 2.81. The lowest BCUT2D eigenvalue weighted by molar-refractivity contribution is -0.141. The van der Waals surface area contributed by atoms with Gasteiger partial charge in [0.1, 0.15) is 0 Å². The van der Waals surface area contributed by atoms with Crippen molar-refractivity contribution in [3.63, 3.8) is 0 Å². The van der Waals surface area contributed by atoms with Crippen molar-refractivity contribution in [2.75, 3.05) is 7.05 Å². The molecule has 0 spiro atoms. The summed E-state index contributed by atoms with van der Waals surface area (Å²) in [5.41, 5.74) is -0.261. The van der Waals surface area contributed by atoms with Gasteiger partial charge in [-0.05, 0) is 39.5 Å². The van der Waals surface area contributed by atoms with Crippen molar-refractivity contribution in [3.05, 3.63) is 0 Å². The van der Waals surface area contributed by atoms with Gasteiger partial charge in [-0.25, -0.2) is 0 Å². The Balaban J connectivity index is 2.05. The summed E-state index contributed by atoms with van der Waals surface area (Å²) in [7, 11) is 2.00. The van der Waals surface area contributed by atoms with Crippen LogP contribution in [-0.4, -0.2) is 46.9 Å². The maximum atomic E-state index is 12.4. The Kier molecular flexibility index (Phi) is 3.97. The van der Waals surface area contributed by atoms with Crippen LogP contribution in [0.15, 0.2) is 0 Å². The molecule has 0 aromatic carbocycles. The summed E-state index contributed by atoms with van der Waals surface area (Å²) in [5, 5.41) is 0. The molecule has 2 aliphatic heterocycles. The zero-order valence-corrected chi connectivity index (χ0v) is 13.4. The molecule has 2 heterocycles. The van der Waals surface area contributed by atoms with Crippen LogP contribution in [0, 0.1) is 5.41 Å². The first-order chi connectivity index (χ1) is 8.71. The topological polar surface area (TPSA) is 23.6 Å². The molecule has 2 aliphatic rings. The molecule has 3 heteroatoms. The summed E-state index contributed by atoms with van der Waals surface area (Å²) in [6.45, 7) is 10.7. The van der Waals surface area contributed by atoms with E-state index in [1.54, 1.807) is 0 Å². The molecule has 2 atom stereocenters. The SMILES string of the molecule is CC(C)N1C2CCC1CC(N(C)C(=O)C(C)(C)C)C2. The van der Waals surface area contributed by atoms with Gasteiger partial charge in [0.05, 0.1) is 0 Å². The summed E-state index contributed by atoms with van der Waals surface area (Å²) in [6, 6.07) is 2.47. The molecule has 3 nitrogen and oxygen atoms in total. The summed E-state index contributed by atoms with van der Waals surface area (Å²) in [6.07, 6.45) is 4.95. The second-order valence-electron chi connectivity index (χ2n) is 7.72. The van der Waals surface area contributed by atoms with Crippen molar-refractivity contribution in [3.8, 4) is 0 Å². The van der Waals surface area contributed by atoms with Crippen LogP contribution in [0.2, 0.25) is 0 Å². The standard InChI is InChI=1S/C16H30N2O/c1-11(2)18-12-7-8-13(18)10-14(9-12)17(6)15(19)16(3,4)5/h11-14H,7-10H2,1-6H3. The number of hydrogen-bond acceptors (Lipinski definition) is 2. The van der Waals surface area contributed by atoms with Crippen LogP contribution in [0.4, 0.5) is 0 Å². The Morgan fingerprint density at radius 1 is 1.16 bits per heavy atom. The lowest BCUT2D eigenvalue weighted by atomic mass is 9.90. The monoisotopic (exact) mass is 266 g/mol. The molecule has 0 aromatic heterocycles. The summed E-state index contributed by atoms with van der Waals surface area (Å²) >= 11 is 0. The fraction of sp³-hybridized carbons (Fsp3) is 0.938. The van der Waals surface area contributed by atoms with Gasteiger partial charge in [0.25, 0.3) is 0 Å². The predicted octanol–water partition coefficient (Wildman–Crippen LogP) is 2.89. The van der Waals surface area contributed by atoms with Crippen molar-refractivity contribution in [2.24, 2.45) is 5.41 Å². The average Bonchev–Trinajstić information content (AvgIpc) is 2.57. The van der Waals surface area contributed by atoms with Crippen LogP contribution in [0.25, 0.3) is 0 Å². The summed E-state index contributed by atoms with van der Waals surface area (Å²) < 4.78 is 0. The van der Waals surface area contributed by atoms with Crippen molar-refractivity contribution >= 4 is 5.91 Å². The van der Waals surface area contributed by atoms with Crippen molar-refractivity contribution in [1.82, 2.24) is 9.80 Å². The molecule has 2 saturated heterocycles. The maximum Gasteiger partial charge on any atom is 0.227 e. The van der Waals surface area contributed by atoms with E-state index in [0.29, 0.717) is 24.2 Å². The molecule has 2 fully saturated rings. The van der Waals surface area contributed by atoms with Crippen LogP contribution < -0.4 is 0 Å². The second kappa shape index (κ2) is 5.08. The van der Waals surface area contributed by atoms with E-state index >= 15 is 0 Å². The van der Waals surface area contributed by atoms with Crippen LogP contribution >= 0.6 is 0 Å². The van der Waals surface area contributed by atoms with E-state index in [1.807, 2.05) is 32.7 Å². The van der Waals surface area contributed by atoms with Gasteiger partial charge in [0.2, 0.25) is 5.91 Å². The predicted molar refractivity (Wildman–Crippen MR) is 79.0 cm³/mol. The van der Waals surface area contributed by atoms with Gasteiger partial charge in [0, 0.05) is 36.6 Å². The van der Waals surface area contributed by atoms with Gasteiger partial charge in [-0.3, -0.25) is 9.69 Å². The first-order valence-electron chi connectivity index (χ1n) is 7.76. The highest BCUT2D eigenvalue weighted by atomic mass is 16.2. The number of fused-ring (bicyclic) bond motifs is 2. The number of piperidine rings is 1. The first-order valence-corrected chi connectivity index (χ1v) is 7.76. The van der Waals surface area contributed by atoms with Crippen molar-refractivity contribution < 1.29 is 4.79 Å². The van der Waals surface area contributed by atoms with E-state index in [-0.39, 0.29) is 11.3 Å². The Bertz CT molecular complexity index is 331. The largest absolute Gasteiger partial charge is 0.342 e. The highest BCUT2D eigenvalue weighted by molar-refractivity contribution is 5.81. The molecule has 0 radical (unpaired) electrons. The van der Waals surface area contributed by atoms with Gasteiger partial charge in [-0.15, -0.1) is 0 Å². The molecule has 0 aromatic rings. The van der Waals surface area contributed by atoms with E-state index in [1.165, 1.54) is 12.8 Å². The number of rotatable bonds is 2. The second-order valence-corrected chi connectivity index (χ2v) is 7.72. The molecule has 2 unspecified atom stereocenters. The Morgan fingerprint density at radius 2 is 1.63 bits per heavy atom. The molecule has 110 valence electrons. The van der Waals surface area contributed by atoms with E-state index in [4.69, 9.17) is 0 Å². The summed E-state index contributed by atoms with van der Waals surface area (Å²) in [4.78, 5) is 17.1. The number of nitrogens with zero attached hydrogens (tertiary/aromatic N) is 2. The minimum atomic E-state index is -0.261. The minimum absolute atomic E-state index is 0.261. The van der Waals surface area contributed by atoms with E-state index in [0.717, 1.165) is 12.8 Å². The first kappa shape index (κ1) is 14.8. The van der Waals surface area contributed by atoms with Crippen LogP contribution in [-0.2, 0) is 4.79 Å². The maximum absolute atomic E-state index is 12.4. The molecular weight excluding hydrogens is 236 g/mol. The van der Waals surface area contributed by atoms with Crippen molar-refractivity contribution in [2.45, 2.75) is 84.5 Å². The Hall–Kier alpha value is -0.570. The van der Waals surface area contributed by atoms with Gasteiger partial charge in [-0.2, -0.15) is 0 Å². The van der Waals surface area contributed by atoms with E-state index in [2.05, 4.69) is 18.7 Å². The highest BCUT2D eigenvalue weighted by Crippen LogP contribution is 2.39. The average molecular weight is 266 g/mol. The lowest BCUT2D eigenvalue weighted by Crippen LogP contribution is -2.54. The van der Waals surface area contributed by atoms with Crippen LogP contribution in [0.1, 0.15) is 60.3 Å². The van der Waals surface area contributed by atoms with Gasteiger partial charge >= 0.3 is 0 Å². The number of amides is 1. The Labute approximate surface area is 118 Å². The number of carbonyl (C=O) groups is 1. The molecule has 0 saturated carbocycles. The van der Waals surface area contributed by atoms with Gasteiger partial charge < -0.3 is 4.90 Å². The molecule has 19 heavy (non-hydrogen) atoms. The molecule has 0 N–H and O–H groups in total. The fourth-order valence-corrected chi connectivity index (χ4v) is 4.04. The smallest absolute Gasteiger partial charge is 0.227 e. The number of carbonyl (C=O) groups excluding carboxylic acids is 1. The molecule has 2 rings (SSSR count). The third-order valence-electron chi connectivity index (χ3n) is 4.87.